The Balaban J connectivity index is 2.02. The Kier molecular flexibility index (Phi) is 2.97. The van der Waals surface area contributed by atoms with Crippen LogP contribution in [0, 0.1) is 11.6 Å². The van der Waals surface area contributed by atoms with Crippen molar-refractivity contribution < 1.29 is 8.78 Å². The van der Waals surface area contributed by atoms with E-state index in [1.807, 2.05) is 16.8 Å². The van der Waals surface area contributed by atoms with Crippen LogP contribution in [0.3, 0.4) is 0 Å². The van der Waals surface area contributed by atoms with Gasteiger partial charge in [-0.05, 0) is 29.1 Å². The lowest BCUT2D eigenvalue weighted by molar-refractivity contribution is 0.507. The number of hydrogen-bond acceptors (Lipinski definition) is 2. The van der Waals surface area contributed by atoms with Crippen molar-refractivity contribution in [2.24, 2.45) is 0 Å². The number of rotatable bonds is 3. The molecular formula is C11H9F2NS. The quantitative estimate of drug-likeness (QED) is 0.841. The second-order valence-electron chi connectivity index (χ2n) is 3.11. The summed E-state index contributed by atoms with van der Waals surface area (Å²) >= 11 is 1.58. The van der Waals surface area contributed by atoms with Gasteiger partial charge in [-0.15, -0.1) is 0 Å². The van der Waals surface area contributed by atoms with Gasteiger partial charge in [-0.25, -0.2) is 8.78 Å². The molecule has 0 aliphatic heterocycles. The number of halogens is 2. The highest BCUT2D eigenvalue weighted by molar-refractivity contribution is 7.08. The Bertz CT molecular complexity index is 440. The van der Waals surface area contributed by atoms with Crippen molar-refractivity contribution in [2.75, 3.05) is 5.32 Å². The van der Waals surface area contributed by atoms with Crippen LogP contribution in [0.2, 0.25) is 0 Å². The minimum atomic E-state index is -0.811. The summed E-state index contributed by atoms with van der Waals surface area (Å²) in [7, 11) is 0. The molecule has 4 heteroatoms. The van der Waals surface area contributed by atoms with Crippen molar-refractivity contribution in [3.05, 3.63) is 52.2 Å². The SMILES string of the molecule is Fc1ccc(CNc2ccsc2)cc1F. The lowest BCUT2D eigenvalue weighted by Crippen LogP contribution is -1.99. The van der Waals surface area contributed by atoms with Crippen LogP contribution in [0.4, 0.5) is 14.5 Å². The largest absolute Gasteiger partial charge is 0.380 e. The molecule has 0 spiro atoms. The topological polar surface area (TPSA) is 12.0 Å². The Morgan fingerprint density at radius 2 is 2.00 bits per heavy atom. The van der Waals surface area contributed by atoms with Gasteiger partial charge in [-0.3, -0.25) is 0 Å². The molecule has 1 N–H and O–H groups in total. The second-order valence-corrected chi connectivity index (χ2v) is 3.89. The summed E-state index contributed by atoms with van der Waals surface area (Å²) in [5.41, 5.74) is 1.71. The van der Waals surface area contributed by atoms with Gasteiger partial charge in [0.15, 0.2) is 11.6 Å². The van der Waals surface area contributed by atoms with Gasteiger partial charge in [0.1, 0.15) is 0 Å². The molecule has 1 heterocycles. The second kappa shape index (κ2) is 4.40. The highest BCUT2D eigenvalue weighted by Crippen LogP contribution is 2.14. The molecule has 1 aromatic carbocycles. The minimum absolute atomic E-state index is 0.494. The third-order valence-corrected chi connectivity index (χ3v) is 2.69. The number of hydrogen-bond donors (Lipinski definition) is 1. The smallest absolute Gasteiger partial charge is 0.159 e. The fourth-order valence-corrected chi connectivity index (χ4v) is 1.83. The van der Waals surface area contributed by atoms with Crippen LogP contribution in [0.25, 0.3) is 0 Å². The highest BCUT2D eigenvalue weighted by atomic mass is 32.1. The molecule has 1 nitrogen and oxygen atoms in total. The fraction of sp³-hybridized carbons (Fsp3) is 0.0909. The van der Waals surface area contributed by atoms with E-state index in [0.29, 0.717) is 6.54 Å². The molecule has 0 unspecified atom stereocenters. The van der Waals surface area contributed by atoms with Crippen molar-refractivity contribution in [2.45, 2.75) is 6.54 Å². The zero-order valence-electron chi connectivity index (χ0n) is 7.84. The van der Waals surface area contributed by atoms with Gasteiger partial charge < -0.3 is 5.32 Å². The minimum Gasteiger partial charge on any atom is -0.380 e. The van der Waals surface area contributed by atoms with Crippen LogP contribution in [0.1, 0.15) is 5.56 Å². The molecule has 0 radical (unpaired) electrons. The van der Waals surface area contributed by atoms with Gasteiger partial charge >= 0.3 is 0 Å². The fourth-order valence-electron chi connectivity index (χ4n) is 1.22. The number of thiophene rings is 1. The van der Waals surface area contributed by atoms with Crippen molar-refractivity contribution in [1.29, 1.82) is 0 Å². The van der Waals surface area contributed by atoms with E-state index in [1.165, 1.54) is 6.07 Å². The first-order chi connectivity index (χ1) is 7.25. The van der Waals surface area contributed by atoms with Crippen molar-refractivity contribution in [1.82, 2.24) is 0 Å². The normalized spacial score (nSPS) is 10.3. The Morgan fingerprint density at radius 3 is 2.67 bits per heavy atom. The molecule has 0 saturated heterocycles. The van der Waals surface area contributed by atoms with Crippen LogP contribution in [-0.4, -0.2) is 0 Å². The summed E-state index contributed by atoms with van der Waals surface area (Å²) in [6.45, 7) is 0.494. The van der Waals surface area contributed by atoms with E-state index < -0.39 is 11.6 Å². The zero-order valence-corrected chi connectivity index (χ0v) is 8.65. The molecule has 0 aliphatic carbocycles. The molecule has 78 valence electrons. The Morgan fingerprint density at radius 1 is 1.13 bits per heavy atom. The van der Waals surface area contributed by atoms with E-state index in [2.05, 4.69) is 5.32 Å². The van der Waals surface area contributed by atoms with Gasteiger partial charge in [0.2, 0.25) is 0 Å². The standard InChI is InChI=1S/C11H9F2NS/c12-10-2-1-8(5-11(10)13)6-14-9-3-4-15-7-9/h1-5,7,14H,6H2. The molecular weight excluding hydrogens is 216 g/mol. The average molecular weight is 225 g/mol. The molecule has 0 atom stereocenters. The Hall–Kier alpha value is -1.42. The first-order valence-corrected chi connectivity index (χ1v) is 5.40. The highest BCUT2D eigenvalue weighted by Gasteiger charge is 2.02. The van der Waals surface area contributed by atoms with Crippen molar-refractivity contribution in [3.63, 3.8) is 0 Å². The molecule has 0 amide bonds. The molecule has 15 heavy (non-hydrogen) atoms. The first-order valence-electron chi connectivity index (χ1n) is 4.46. The van der Waals surface area contributed by atoms with E-state index in [9.17, 15) is 8.78 Å². The Labute approximate surface area is 90.4 Å². The summed E-state index contributed by atoms with van der Waals surface area (Å²) in [6.07, 6.45) is 0. The van der Waals surface area contributed by atoms with Gasteiger partial charge in [-0.2, -0.15) is 11.3 Å². The summed E-state index contributed by atoms with van der Waals surface area (Å²) < 4.78 is 25.5. The van der Waals surface area contributed by atoms with Gasteiger partial charge in [0.05, 0.1) is 0 Å². The lowest BCUT2D eigenvalue weighted by Gasteiger charge is -2.04. The van der Waals surface area contributed by atoms with Gasteiger partial charge in [0.25, 0.3) is 0 Å². The monoisotopic (exact) mass is 225 g/mol. The van der Waals surface area contributed by atoms with Gasteiger partial charge in [0, 0.05) is 17.6 Å². The third kappa shape index (κ3) is 2.53. The maximum Gasteiger partial charge on any atom is 0.159 e. The van der Waals surface area contributed by atoms with Crippen LogP contribution in [-0.2, 0) is 6.54 Å². The summed E-state index contributed by atoms with van der Waals surface area (Å²) in [6, 6.07) is 5.84. The average Bonchev–Trinajstić information content (AvgIpc) is 2.73. The molecule has 1 aromatic heterocycles. The molecule has 0 fully saturated rings. The summed E-state index contributed by atoms with van der Waals surface area (Å²) in [5.74, 6) is -1.62. The van der Waals surface area contributed by atoms with E-state index in [0.717, 1.165) is 17.3 Å². The molecule has 0 aliphatic rings. The summed E-state index contributed by atoms with van der Waals surface area (Å²) in [5, 5.41) is 7.02. The molecule has 2 aromatic rings. The van der Waals surface area contributed by atoms with Crippen LogP contribution < -0.4 is 5.32 Å². The zero-order chi connectivity index (χ0) is 10.7. The van der Waals surface area contributed by atoms with Crippen LogP contribution in [0.5, 0.6) is 0 Å². The lowest BCUT2D eigenvalue weighted by atomic mass is 10.2. The first kappa shape index (κ1) is 10.1. The maximum absolute atomic E-state index is 12.8. The van der Waals surface area contributed by atoms with Gasteiger partial charge in [-0.1, -0.05) is 6.07 Å². The van der Waals surface area contributed by atoms with E-state index in [4.69, 9.17) is 0 Å². The third-order valence-electron chi connectivity index (χ3n) is 2.00. The molecule has 0 saturated carbocycles. The van der Waals surface area contributed by atoms with Crippen molar-refractivity contribution in [3.8, 4) is 0 Å². The number of benzene rings is 1. The van der Waals surface area contributed by atoms with E-state index in [-0.39, 0.29) is 0 Å². The molecule has 0 bridgehead atoms. The van der Waals surface area contributed by atoms with Crippen LogP contribution >= 0.6 is 11.3 Å². The number of anilines is 1. The van der Waals surface area contributed by atoms with Crippen molar-refractivity contribution >= 4 is 17.0 Å². The van der Waals surface area contributed by atoms with E-state index in [1.54, 1.807) is 17.4 Å². The predicted octanol–water partition coefficient (Wildman–Crippen LogP) is 3.64. The van der Waals surface area contributed by atoms with Crippen LogP contribution in [0.15, 0.2) is 35.0 Å². The predicted molar refractivity (Wildman–Crippen MR) is 58.0 cm³/mol. The number of nitrogens with one attached hydrogen (secondary N) is 1. The molecule has 2 rings (SSSR count). The summed E-state index contributed by atoms with van der Waals surface area (Å²) in [4.78, 5) is 0. The maximum atomic E-state index is 12.8. The van der Waals surface area contributed by atoms with E-state index >= 15 is 0 Å².